The largest absolute Gasteiger partial charge is 0.406 e. The van der Waals surface area contributed by atoms with Gasteiger partial charge in [-0.1, -0.05) is 25.1 Å². The van der Waals surface area contributed by atoms with Gasteiger partial charge in [0.2, 0.25) is 11.8 Å². The van der Waals surface area contributed by atoms with E-state index in [1.165, 1.54) is 23.2 Å². The van der Waals surface area contributed by atoms with E-state index in [1.54, 1.807) is 18.2 Å². The van der Waals surface area contributed by atoms with Crippen molar-refractivity contribution in [1.82, 2.24) is 4.98 Å². The molecule has 1 atom stereocenters. The van der Waals surface area contributed by atoms with Crippen LogP contribution >= 0.6 is 0 Å². The van der Waals surface area contributed by atoms with Gasteiger partial charge in [-0.2, -0.15) is 13.2 Å². The van der Waals surface area contributed by atoms with E-state index in [0.717, 1.165) is 12.0 Å². The molecule has 28 heavy (non-hydrogen) atoms. The third-order valence-corrected chi connectivity index (χ3v) is 4.66. The molecule has 0 N–H and O–H groups in total. The topological polar surface area (TPSA) is 53.5 Å². The second kappa shape index (κ2) is 8.00. The van der Waals surface area contributed by atoms with Gasteiger partial charge in [-0.15, -0.1) is 0 Å². The predicted octanol–water partition coefficient (Wildman–Crippen LogP) is 3.59. The van der Waals surface area contributed by atoms with Crippen molar-refractivity contribution in [1.29, 1.82) is 0 Å². The maximum Gasteiger partial charge on any atom is 0.406 e. The maximum atomic E-state index is 13.0. The van der Waals surface area contributed by atoms with E-state index in [1.807, 2.05) is 19.1 Å². The van der Waals surface area contributed by atoms with Crippen molar-refractivity contribution >= 4 is 23.3 Å². The summed E-state index contributed by atoms with van der Waals surface area (Å²) in [5.41, 5.74) is 1.74. The Kier molecular flexibility index (Phi) is 5.67. The van der Waals surface area contributed by atoms with Crippen molar-refractivity contribution in [2.45, 2.75) is 25.9 Å². The highest BCUT2D eigenvalue weighted by molar-refractivity contribution is 6.04. The Morgan fingerprint density at radius 1 is 1.21 bits per heavy atom. The van der Waals surface area contributed by atoms with Crippen molar-refractivity contribution in [3.63, 3.8) is 0 Å². The van der Waals surface area contributed by atoms with Crippen LogP contribution in [0.4, 0.5) is 24.7 Å². The van der Waals surface area contributed by atoms with Crippen molar-refractivity contribution in [3.8, 4) is 0 Å². The van der Waals surface area contributed by atoms with Gasteiger partial charge >= 0.3 is 6.18 Å². The third-order valence-electron chi connectivity index (χ3n) is 4.66. The lowest BCUT2D eigenvalue weighted by Crippen LogP contribution is -2.43. The van der Waals surface area contributed by atoms with Crippen LogP contribution < -0.4 is 9.80 Å². The van der Waals surface area contributed by atoms with Crippen molar-refractivity contribution < 1.29 is 22.8 Å². The molecule has 148 valence electrons. The van der Waals surface area contributed by atoms with Gasteiger partial charge in [-0.25, -0.2) is 4.98 Å². The number of nitrogens with zero attached hydrogens (tertiary/aromatic N) is 3. The first-order chi connectivity index (χ1) is 13.3. The molecule has 2 heterocycles. The zero-order chi connectivity index (χ0) is 20.3. The van der Waals surface area contributed by atoms with Gasteiger partial charge < -0.3 is 4.90 Å². The van der Waals surface area contributed by atoms with Crippen LogP contribution in [0, 0.1) is 5.92 Å². The van der Waals surface area contributed by atoms with E-state index >= 15 is 0 Å². The highest BCUT2D eigenvalue weighted by Gasteiger charge is 2.41. The molecule has 0 aliphatic carbocycles. The van der Waals surface area contributed by atoms with Crippen LogP contribution in [-0.2, 0) is 16.0 Å². The van der Waals surface area contributed by atoms with Gasteiger partial charge in [0.25, 0.3) is 0 Å². The van der Waals surface area contributed by atoms with E-state index in [4.69, 9.17) is 0 Å². The van der Waals surface area contributed by atoms with Crippen molar-refractivity contribution in [2.24, 2.45) is 5.92 Å². The van der Waals surface area contributed by atoms with Crippen LogP contribution in [0.25, 0.3) is 0 Å². The minimum atomic E-state index is -4.58. The fourth-order valence-electron chi connectivity index (χ4n) is 3.22. The quantitative estimate of drug-likeness (QED) is 0.783. The van der Waals surface area contributed by atoms with Gasteiger partial charge in [0.15, 0.2) is 0 Å². The summed E-state index contributed by atoms with van der Waals surface area (Å²) < 4.78 is 39.1. The summed E-state index contributed by atoms with van der Waals surface area (Å²) in [7, 11) is 0. The van der Waals surface area contributed by atoms with E-state index in [-0.39, 0.29) is 24.7 Å². The second-order valence-electron chi connectivity index (χ2n) is 6.65. The number of pyridine rings is 1. The summed E-state index contributed by atoms with van der Waals surface area (Å²) in [5, 5.41) is 0. The first kappa shape index (κ1) is 19.9. The van der Waals surface area contributed by atoms with Gasteiger partial charge in [0.1, 0.15) is 12.4 Å². The predicted molar refractivity (Wildman–Crippen MR) is 98.9 cm³/mol. The number of carbonyl (C=O) groups excluding carboxylic acids is 2. The number of carbonyl (C=O) groups is 2. The molecule has 3 rings (SSSR count). The molecule has 0 radical (unpaired) electrons. The second-order valence-corrected chi connectivity index (χ2v) is 6.65. The normalized spacial score (nSPS) is 17.1. The SMILES string of the molecule is CCc1ccc(N2C[C@H](C(=O)N(CC(F)(F)F)c3ccccn3)CC2=O)cc1. The molecule has 1 aliphatic heterocycles. The third kappa shape index (κ3) is 4.49. The lowest BCUT2D eigenvalue weighted by atomic mass is 10.1. The molecule has 2 aromatic rings. The van der Waals surface area contributed by atoms with Crippen LogP contribution in [0.2, 0.25) is 0 Å². The summed E-state index contributed by atoms with van der Waals surface area (Å²) in [5.74, 6) is -1.97. The van der Waals surface area contributed by atoms with Gasteiger partial charge in [-0.3, -0.25) is 14.5 Å². The molecular formula is C20H20F3N3O2. The Bertz CT molecular complexity index is 838. The summed E-state index contributed by atoms with van der Waals surface area (Å²) >= 11 is 0. The molecule has 1 saturated heterocycles. The van der Waals surface area contributed by atoms with E-state index in [9.17, 15) is 22.8 Å². The molecular weight excluding hydrogens is 371 g/mol. The number of halogens is 3. The Labute approximate surface area is 160 Å². The first-order valence-electron chi connectivity index (χ1n) is 8.97. The summed E-state index contributed by atoms with van der Waals surface area (Å²) in [6.45, 7) is 0.612. The Morgan fingerprint density at radius 3 is 2.50 bits per heavy atom. The van der Waals surface area contributed by atoms with Crippen LogP contribution in [0.1, 0.15) is 18.9 Å². The minimum Gasteiger partial charge on any atom is -0.312 e. The van der Waals surface area contributed by atoms with Crippen LogP contribution in [0.15, 0.2) is 48.7 Å². The molecule has 1 fully saturated rings. The lowest BCUT2D eigenvalue weighted by molar-refractivity contribution is -0.134. The number of aromatic nitrogens is 1. The summed E-state index contributed by atoms with van der Waals surface area (Å²) in [6, 6.07) is 11.8. The van der Waals surface area contributed by atoms with Gasteiger partial charge in [-0.05, 0) is 36.2 Å². The molecule has 1 aromatic carbocycles. The average Bonchev–Trinajstić information content (AvgIpc) is 3.07. The molecule has 2 amide bonds. The molecule has 1 aliphatic rings. The van der Waals surface area contributed by atoms with Crippen LogP contribution in [0.3, 0.4) is 0 Å². The van der Waals surface area contributed by atoms with Crippen molar-refractivity contribution in [2.75, 3.05) is 22.9 Å². The number of benzene rings is 1. The number of amides is 2. The molecule has 8 heteroatoms. The highest BCUT2D eigenvalue weighted by atomic mass is 19.4. The summed E-state index contributed by atoms with van der Waals surface area (Å²) in [6.07, 6.45) is -2.53. The maximum absolute atomic E-state index is 13.0. The smallest absolute Gasteiger partial charge is 0.312 e. The van der Waals surface area contributed by atoms with Gasteiger partial charge in [0.05, 0.1) is 5.92 Å². The van der Waals surface area contributed by atoms with Crippen LogP contribution in [0.5, 0.6) is 0 Å². The fraction of sp³-hybridized carbons (Fsp3) is 0.350. The van der Waals surface area contributed by atoms with Gasteiger partial charge in [0, 0.05) is 24.8 Å². The van der Waals surface area contributed by atoms with E-state index < -0.39 is 24.5 Å². The van der Waals surface area contributed by atoms with Crippen LogP contribution in [-0.4, -0.2) is 36.1 Å². The zero-order valence-corrected chi connectivity index (χ0v) is 15.3. The molecule has 0 unspecified atom stereocenters. The molecule has 0 bridgehead atoms. The Morgan fingerprint density at radius 2 is 1.93 bits per heavy atom. The summed E-state index contributed by atoms with van der Waals surface area (Å²) in [4.78, 5) is 31.2. The number of hydrogen-bond acceptors (Lipinski definition) is 3. The van der Waals surface area contributed by atoms with Crippen molar-refractivity contribution in [3.05, 3.63) is 54.2 Å². The standard InChI is InChI=1S/C20H20F3N3O2/c1-2-14-6-8-16(9-7-14)25-12-15(11-18(25)27)19(28)26(13-20(21,22)23)17-5-3-4-10-24-17/h3-10,15H,2,11-13H2,1H3/t15-/m1/s1. The zero-order valence-electron chi connectivity index (χ0n) is 15.3. The average molecular weight is 391 g/mol. The molecule has 1 aromatic heterocycles. The highest BCUT2D eigenvalue weighted by Crippen LogP contribution is 2.29. The number of hydrogen-bond donors (Lipinski definition) is 0. The number of anilines is 2. The minimum absolute atomic E-state index is 0.0460. The number of aryl methyl sites for hydroxylation is 1. The lowest BCUT2D eigenvalue weighted by Gasteiger charge is -2.25. The Balaban J connectivity index is 1.80. The number of rotatable bonds is 5. The van der Waals surface area contributed by atoms with E-state index in [0.29, 0.717) is 10.6 Å². The first-order valence-corrected chi connectivity index (χ1v) is 8.97. The number of alkyl halides is 3. The van der Waals surface area contributed by atoms with E-state index in [2.05, 4.69) is 4.98 Å². The fourth-order valence-corrected chi connectivity index (χ4v) is 3.22. The molecule has 0 saturated carbocycles. The monoisotopic (exact) mass is 391 g/mol. The molecule has 0 spiro atoms. The Hall–Kier alpha value is -2.90. The molecule has 5 nitrogen and oxygen atoms in total.